The van der Waals surface area contributed by atoms with E-state index in [0.29, 0.717) is 17.3 Å². The average Bonchev–Trinajstić information content (AvgIpc) is 2.64. The summed E-state index contributed by atoms with van der Waals surface area (Å²) < 4.78 is 4.67. The third-order valence-electron chi connectivity index (χ3n) is 3.53. The van der Waals surface area contributed by atoms with Gasteiger partial charge in [-0.25, -0.2) is 4.79 Å². The van der Waals surface area contributed by atoms with Crippen molar-refractivity contribution in [2.75, 3.05) is 17.7 Å². The van der Waals surface area contributed by atoms with Gasteiger partial charge in [-0.1, -0.05) is 18.2 Å². The predicted octanol–water partition coefficient (Wildman–Crippen LogP) is 3.45. The second-order valence-corrected chi connectivity index (χ2v) is 5.30. The molecular formula is C18H17N5O2. The summed E-state index contributed by atoms with van der Waals surface area (Å²) in [6.07, 6.45) is 1.55. The number of nitrogens with one attached hydrogen (secondary N) is 2. The molecule has 0 unspecified atom stereocenters. The van der Waals surface area contributed by atoms with Crippen molar-refractivity contribution in [2.45, 2.75) is 6.92 Å². The van der Waals surface area contributed by atoms with Crippen LogP contribution in [-0.2, 0) is 4.74 Å². The maximum absolute atomic E-state index is 11.4. The SMILES string of the molecule is COC(=O)c1ccc(Nc2nncc(Nc3ccccc3C)n2)cc1. The van der Waals surface area contributed by atoms with Gasteiger partial charge in [-0.2, -0.15) is 10.1 Å². The second-order valence-electron chi connectivity index (χ2n) is 5.30. The molecule has 25 heavy (non-hydrogen) atoms. The lowest BCUT2D eigenvalue weighted by atomic mass is 10.2. The van der Waals surface area contributed by atoms with Gasteiger partial charge in [0.15, 0.2) is 5.82 Å². The normalized spacial score (nSPS) is 10.2. The van der Waals surface area contributed by atoms with Gasteiger partial charge in [0.1, 0.15) is 0 Å². The molecule has 7 heteroatoms. The monoisotopic (exact) mass is 335 g/mol. The van der Waals surface area contributed by atoms with Crippen LogP contribution in [0.4, 0.5) is 23.1 Å². The Kier molecular flexibility index (Phi) is 4.84. The molecular weight excluding hydrogens is 318 g/mol. The number of esters is 1. The number of anilines is 4. The Morgan fingerprint density at radius 3 is 2.52 bits per heavy atom. The van der Waals surface area contributed by atoms with Gasteiger partial charge in [-0.15, -0.1) is 5.10 Å². The van der Waals surface area contributed by atoms with Crippen molar-refractivity contribution in [3.05, 3.63) is 65.9 Å². The van der Waals surface area contributed by atoms with E-state index in [1.165, 1.54) is 7.11 Å². The van der Waals surface area contributed by atoms with Crippen molar-refractivity contribution < 1.29 is 9.53 Å². The summed E-state index contributed by atoms with van der Waals surface area (Å²) in [4.78, 5) is 15.8. The van der Waals surface area contributed by atoms with Gasteiger partial charge in [0.05, 0.1) is 18.9 Å². The van der Waals surface area contributed by atoms with Crippen LogP contribution in [0, 0.1) is 6.92 Å². The van der Waals surface area contributed by atoms with E-state index in [0.717, 1.165) is 16.9 Å². The number of hydrogen-bond acceptors (Lipinski definition) is 7. The minimum absolute atomic E-state index is 0.351. The fourth-order valence-corrected chi connectivity index (χ4v) is 2.20. The summed E-state index contributed by atoms with van der Waals surface area (Å²) in [7, 11) is 1.35. The van der Waals surface area contributed by atoms with Crippen LogP contribution in [0.25, 0.3) is 0 Å². The van der Waals surface area contributed by atoms with Crippen LogP contribution in [-0.4, -0.2) is 28.3 Å². The number of aryl methyl sites for hydroxylation is 1. The molecule has 3 rings (SSSR count). The lowest BCUT2D eigenvalue weighted by Crippen LogP contribution is -2.04. The Hall–Kier alpha value is -3.48. The molecule has 0 saturated heterocycles. The number of methoxy groups -OCH3 is 1. The maximum atomic E-state index is 11.4. The number of para-hydroxylation sites is 1. The lowest BCUT2D eigenvalue weighted by molar-refractivity contribution is 0.0601. The van der Waals surface area contributed by atoms with Crippen molar-refractivity contribution in [3.8, 4) is 0 Å². The number of carbonyl (C=O) groups excluding carboxylic acids is 1. The van der Waals surface area contributed by atoms with Gasteiger partial charge < -0.3 is 15.4 Å². The quantitative estimate of drug-likeness (QED) is 0.690. The van der Waals surface area contributed by atoms with E-state index in [-0.39, 0.29) is 5.97 Å². The molecule has 0 radical (unpaired) electrons. The number of nitrogens with zero attached hydrogens (tertiary/aromatic N) is 3. The Morgan fingerprint density at radius 1 is 1.04 bits per heavy atom. The van der Waals surface area contributed by atoms with E-state index in [1.807, 2.05) is 31.2 Å². The number of aromatic nitrogens is 3. The summed E-state index contributed by atoms with van der Waals surface area (Å²) in [5, 5.41) is 14.2. The standard InChI is InChI=1S/C18H17N5O2/c1-12-5-3-4-6-15(12)21-16-11-19-23-18(22-16)20-14-9-7-13(8-10-14)17(24)25-2/h3-11H,1-2H3,(H2,20,21,22,23). The van der Waals surface area contributed by atoms with E-state index in [2.05, 4.69) is 30.6 Å². The number of carbonyl (C=O) groups is 1. The highest BCUT2D eigenvalue weighted by molar-refractivity contribution is 5.89. The van der Waals surface area contributed by atoms with Crippen LogP contribution in [0.5, 0.6) is 0 Å². The molecule has 7 nitrogen and oxygen atoms in total. The zero-order valence-corrected chi connectivity index (χ0v) is 13.9. The first-order chi connectivity index (χ1) is 12.2. The Morgan fingerprint density at radius 2 is 1.80 bits per heavy atom. The summed E-state index contributed by atoms with van der Waals surface area (Å²) in [5.41, 5.74) is 3.27. The first kappa shape index (κ1) is 16.4. The Bertz CT molecular complexity index is 881. The fourth-order valence-electron chi connectivity index (χ4n) is 2.20. The predicted molar refractivity (Wildman–Crippen MR) is 95.4 cm³/mol. The average molecular weight is 335 g/mol. The highest BCUT2D eigenvalue weighted by atomic mass is 16.5. The molecule has 0 atom stereocenters. The number of hydrogen-bond donors (Lipinski definition) is 2. The van der Waals surface area contributed by atoms with Crippen LogP contribution in [0.2, 0.25) is 0 Å². The van der Waals surface area contributed by atoms with Crippen molar-refractivity contribution in [2.24, 2.45) is 0 Å². The fraction of sp³-hybridized carbons (Fsp3) is 0.111. The number of benzene rings is 2. The molecule has 3 aromatic rings. The molecule has 2 aromatic carbocycles. The zero-order valence-electron chi connectivity index (χ0n) is 13.9. The van der Waals surface area contributed by atoms with Crippen LogP contribution >= 0.6 is 0 Å². The van der Waals surface area contributed by atoms with E-state index >= 15 is 0 Å². The number of ether oxygens (including phenoxy) is 1. The molecule has 1 aromatic heterocycles. The molecule has 2 N–H and O–H groups in total. The molecule has 0 aliphatic heterocycles. The van der Waals surface area contributed by atoms with Crippen LogP contribution in [0.15, 0.2) is 54.7 Å². The molecule has 126 valence electrons. The van der Waals surface area contributed by atoms with Gasteiger partial charge >= 0.3 is 5.97 Å². The van der Waals surface area contributed by atoms with Gasteiger partial charge in [-0.3, -0.25) is 0 Å². The highest BCUT2D eigenvalue weighted by Crippen LogP contribution is 2.19. The van der Waals surface area contributed by atoms with E-state index < -0.39 is 0 Å². The molecule has 1 heterocycles. The van der Waals surface area contributed by atoms with Gasteiger partial charge in [0.2, 0.25) is 5.95 Å². The van der Waals surface area contributed by atoms with Crippen LogP contribution < -0.4 is 10.6 Å². The second kappa shape index (κ2) is 7.39. The highest BCUT2D eigenvalue weighted by Gasteiger charge is 2.06. The lowest BCUT2D eigenvalue weighted by Gasteiger charge is -2.09. The third kappa shape index (κ3) is 4.08. The molecule has 0 bridgehead atoms. The van der Waals surface area contributed by atoms with E-state index in [1.54, 1.807) is 30.5 Å². The molecule has 0 aliphatic rings. The minimum Gasteiger partial charge on any atom is -0.465 e. The summed E-state index contributed by atoms with van der Waals surface area (Å²) in [6, 6.07) is 14.7. The molecule has 0 saturated carbocycles. The van der Waals surface area contributed by atoms with Crippen molar-refractivity contribution in [1.82, 2.24) is 15.2 Å². The van der Waals surface area contributed by atoms with Crippen molar-refractivity contribution >= 4 is 29.1 Å². The molecule has 0 spiro atoms. The summed E-state index contributed by atoms with van der Waals surface area (Å²) >= 11 is 0. The van der Waals surface area contributed by atoms with Crippen LogP contribution in [0.1, 0.15) is 15.9 Å². The molecule has 0 aliphatic carbocycles. The smallest absolute Gasteiger partial charge is 0.337 e. The third-order valence-corrected chi connectivity index (χ3v) is 3.53. The molecule has 0 fully saturated rings. The van der Waals surface area contributed by atoms with E-state index in [9.17, 15) is 4.79 Å². The topological polar surface area (TPSA) is 89.0 Å². The first-order valence-corrected chi connectivity index (χ1v) is 7.63. The summed E-state index contributed by atoms with van der Waals surface area (Å²) in [6.45, 7) is 2.01. The largest absolute Gasteiger partial charge is 0.465 e. The minimum atomic E-state index is -0.381. The summed E-state index contributed by atoms with van der Waals surface area (Å²) in [5.74, 6) is 0.552. The number of rotatable bonds is 5. The van der Waals surface area contributed by atoms with Crippen molar-refractivity contribution in [1.29, 1.82) is 0 Å². The Labute approximate surface area is 145 Å². The Balaban J connectivity index is 1.73. The van der Waals surface area contributed by atoms with Gasteiger partial charge in [0.25, 0.3) is 0 Å². The van der Waals surface area contributed by atoms with Crippen LogP contribution in [0.3, 0.4) is 0 Å². The first-order valence-electron chi connectivity index (χ1n) is 7.63. The van der Waals surface area contributed by atoms with E-state index in [4.69, 9.17) is 0 Å². The van der Waals surface area contributed by atoms with Crippen molar-refractivity contribution in [3.63, 3.8) is 0 Å². The molecule has 0 amide bonds. The zero-order chi connectivity index (χ0) is 17.6. The van der Waals surface area contributed by atoms with Gasteiger partial charge in [-0.05, 0) is 42.8 Å². The maximum Gasteiger partial charge on any atom is 0.337 e. The van der Waals surface area contributed by atoms with Gasteiger partial charge in [0, 0.05) is 11.4 Å².